The van der Waals surface area contributed by atoms with E-state index in [-0.39, 0.29) is 0 Å². The van der Waals surface area contributed by atoms with E-state index in [0.29, 0.717) is 5.54 Å². The largest absolute Gasteiger partial charge is 0.291 e. The Bertz CT molecular complexity index is 336. The number of hydrogen-bond acceptors (Lipinski definition) is 1. The summed E-state index contributed by atoms with van der Waals surface area (Å²) >= 11 is 0. The van der Waals surface area contributed by atoms with E-state index in [1.807, 2.05) is 0 Å². The molecule has 15 heavy (non-hydrogen) atoms. The highest BCUT2D eigenvalue weighted by atomic mass is 15.3. The maximum atomic E-state index is 2.74. The Balaban J connectivity index is 1.80. The number of benzene rings is 1. The fourth-order valence-electron chi connectivity index (χ4n) is 3.36. The van der Waals surface area contributed by atoms with E-state index in [0.717, 1.165) is 12.6 Å². The van der Waals surface area contributed by atoms with Gasteiger partial charge in [-0.05, 0) is 38.2 Å². The lowest BCUT2D eigenvalue weighted by Gasteiger charge is -2.31. The Kier molecular flexibility index (Phi) is 2.10. The third-order valence-electron chi connectivity index (χ3n) is 4.36. The van der Waals surface area contributed by atoms with Crippen LogP contribution in [0.5, 0.6) is 0 Å². The Labute approximate surface area is 92.1 Å². The van der Waals surface area contributed by atoms with Gasteiger partial charge in [-0.1, -0.05) is 30.3 Å². The molecule has 2 saturated heterocycles. The van der Waals surface area contributed by atoms with E-state index < -0.39 is 0 Å². The van der Waals surface area contributed by atoms with E-state index in [2.05, 4.69) is 42.2 Å². The lowest BCUT2D eigenvalue weighted by atomic mass is 9.90. The second kappa shape index (κ2) is 3.34. The van der Waals surface area contributed by atoms with E-state index in [1.165, 1.54) is 31.2 Å². The summed E-state index contributed by atoms with van der Waals surface area (Å²) in [4.78, 5) is 2.74. The van der Waals surface area contributed by atoms with Crippen LogP contribution in [0.4, 0.5) is 0 Å². The topological polar surface area (TPSA) is 3.24 Å². The van der Waals surface area contributed by atoms with Crippen molar-refractivity contribution < 1.29 is 0 Å². The van der Waals surface area contributed by atoms with E-state index in [1.54, 1.807) is 0 Å². The Morgan fingerprint density at radius 1 is 1.20 bits per heavy atom. The molecule has 1 aromatic rings. The molecule has 1 aromatic carbocycles. The Morgan fingerprint density at radius 2 is 1.87 bits per heavy atom. The zero-order valence-electron chi connectivity index (χ0n) is 9.45. The molecule has 2 heterocycles. The number of fused-ring (bicyclic) bond motifs is 2. The maximum absolute atomic E-state index is 2.74. The molecular formula is C14H19N. The van der Waals surface area contributed by atoms with Crippen molar-refractivity contribution in [1.82, 2.24) is 4.90 Å². The summed E-state index contributed by atoms with van der Waals surface area (Å²) in [5.74, 6) is 0. The summed E-state index contributed by atoms with van der Waals surface area (Å²) in [5, 5.41) is 0. The highest BCUT2D eigenvalue weighted by molar-refractivity contribution is 5.17. The summed E-state index contributed by atoms with van der Waals surface area (Å²) in [5.41, 5.74) is 1.98. The lowest BCUT2D eigenvalue weighted by molar-refractivity contribution is 0.163. The van der Waals surface area contributed by atoms with Gasteiger partial charge in [-0.25, -0.2) is 0 Å². The van der Waals surface area contributed by atoms with Crippen LogP contribution in [0.3, 0.4) is 0 Å². The first-order valence-corrected chi connectivity index (χ1v) is 6.09. The molecule has 0 amide bonds. The zero-order valence-corrected chi connectivity index (χ0v) is 9.45. The van der Waals surface area contributed by atoms with Crippen LogP contribution < -0.4 is 0 Å². The fraction of sp³-hybridized carbons (Fsp3) is 0.571. The average molecular weight is 201 g/mol. The van der Waals surface area contributed by atoms with Crippen LogP contribution in [-0.2, 0) is 6.54 Å². The highest BCUT2D eigenvalue weighted by Crippen LogP contribution is 2.46. The number of nitrogens with zero attached hydrogens (tertiary/aromatic N) is 1. The van der Waals surface area contributed by atoms with Crippen molar-refractivity contribution in [2.45, 2.75) is 50.7 Å². The molecule has 2 bridgehead atoms. The van der Waals surface area contributed by atoms with Gasteiger partial charge in [-0.3, -0.25) is 4.90 Å². The van der Waals surface area contributed by atoms with Crippen LogP contribution in [0.15, 0.2) is 30.3 Å². The highest BCUT2D eigenvalue weighted by Gasteiger charge is 2.47. The monoisotopic (exact) mass is 201 g/mol. The molecule has 80 valence electrons. The molecule has 2 aliphatic rings. The molecule has 1 heteroatoms. The van der Waals surface area contributed by atoms with Gasteiger partial charge in [0.2, 0.25) is 0 Å². The third-order valence-corrected chi connectivity index (χ3v) is 4.36. The minimum Gasteiger partial charge on any atom is -0.291 e. The van der Waals surface area contributed by atoms with Gasteiger partial charge in [0, 0.05) is 18.1 Å². The van der Waals surface area contributed by atoms with Crippen molar-refractivity contribution >= 4 is 0 Å². The quantitative estimate of drug-likeness (QED) is 0.710. The molecule has 0 atom stereocenters. The molecule has 0 aliphatic carbocycles. The SMILES string of the molecule is CC12CCC(CC1)N2Cc1ccccc1. The zero-order chi connectivity index (χ0) is 10.3. The first kappa shape index (κ1) is 9.41. The van der Waals surface area contributed by atoms with Crippen molar-refractivity contribution in [2.24, 2.45) is 0 Å². The van der Waals surface area contributed by atoms with E-state index in [4.69, 9.17) is 0 Å². The minimum absolute atomic E-state index is 0.514. The second-order valence-electron chi connectivity index (χ2n) is 5.34. The van der Waals surface area contributed by atoms with Crippen molar-refractivity contribution in [3.63, 3.8) is 0 Å². The smallest absolute Gasteiger partial charge is 0.0242 e. The van der Waals surface area contributed by atoms with Gasteiger partial charge in [-0.2, -0.15) is 0 Å². The van der Waals surface area contributed by atoms with Crippen LogP contribution in [0.1, 0.15) is 38.2 Å². The molecule has 2 aliphatic heterocycles. The predicted octanol–water partition coefficient (Wildman–Crippen LogP) is 3.20. The van der Waals surface area contributed by atoms with Gasteiger partial charge in [-0.15, -0.1) is 0 Å². The van der Waals surface area contributed by atoms with E-state index in [9.17, 15) is 0 Å². The third kappa shape index (κ3) is 1.50. The summed E-state index contributed by atoms with van der Waals surface area (Å²) in [6.45, 7) is 3.60. The van der Waals surface area contributed by atoms with Crippen LogP contribution in [0.2, 0.25) is 0 Å². The number of hydrogen-bond donors (Lipinski definition) is 0. The Morgan fingerprint density at radius 3 is 2.40 bits per heavy atom. The van der Waals surface area contributed by atoms with Gasteiger partial charge < -0.3 is 0 Å². The molecule has 0 saturated carbocycles. The molecular weight excluding hydrogens is 182 g/mol. The molecule has 3 rings (SSSR count). The molecule has 1 nitrogen and oxygen atoms in total. The minimum atomic E-state index is 0.514. The van der Waals surface area contributed by atoms with Crippen LogP contribution >= 0.6 is 0 Å². The van der Waals surface area contributed by atoms with Gasteiger partial charge >= 0.3 is 0 Å². The van der Waals surface area contributed by atoms with Crippen LogP contribution in [0.25, 0.3) is 0 Å². The van der Waals surface area contributed by atoms with Crippen LogP contribution in [-0.4, -0.2) is 16.5 Å². The van der Waals surface area contributed by atoms with Crippen molar-refractivity contribution in [3.8, 4) is 0 Å². The van der Waals surface area contributed by atoms with Crippen molar-refractivity contribution in [1.29, 1.82) is 0 Å². The second-order valence-corrected chi connectivity index (χ2v) is 5.34. The summed E-state index contributed by atoms with van der Waals surface area (Å²) in [6, 6.07) is 11.8. The summed E-state index contributed by atoms with van der Waals surface area (Å²) < 4.78 is 0. The standard InChI is InChI=1S/C14H19N/c1-14-9-7-13(8-10-14)15(14)11-12-5-3-2-4-6-12/h2-6,13H,7-11H2,1H3. The van der Waals surface area contributed by atoms with Crippen molar-refractivity contribution in [2.75, 3.05) is 0 Å². The van der Waals surface area contributed by atoms with Crippen molar-refractivity contribution in [3.05, 3.63) is 35.9 Å². The van der Waals surface area contributed by atoms with E-state index >= 15 is 0 Å². The Hall–Kier alpha value is -0.820. The van der Waals surface area contributed by atoms with Gasteiger partial charge in [0.25, 0.3) is 0 Å². The van der Waals surface area contributed by atoms with Gasteiger partial charge in [0.15, 0.2) is 0 Å². The molecule has 2 fully saturated rings. The normalized spacial score (nSPS) is 34.9. The van der Waals surface area contributed by atoms with Gasteiger partial charge in [0.05, 0.1) is 0 Å². The first-order chi connectivity index (χ1) is 7.28. The van der Waals surface area contributed by atoms with Crippen LogP contribution in [0, 0.1) is 0 Å². The lowest BCUT2D eigenvalue weighted by Crippen LogP contribution is -2.37. The first-order valence-electron chi connectivity index (χ1n) is 6.09. The predicted molar refractivity (Wildman–Crippen MR) is 62.6 cm³/mol. The molecule has 0 unspecified atom stereocenters. The summed E-state index contributed by atoms with van der Waals surface area (Å²) in [7, 11) is 0. The molecule has 0 radical (unpaired) electrons. The molecule has 0 N–H and O–H groups in total. The van der Waals surface area contributed by atoms with Gasteiger partial charge in [0.1, 0.15) is 0 Å². The molecule has 0 spiro atoms. The maximum Gasteiger partial charge on any atom is 0.0242 e. The fourth-order valence-corrected chi connectivity index (χ4v) is 3.36. The molecule has 0 aromatic heterocycles. The number of rotatable bonds is 2. The average Bonchev–Trinajstić information content (AvgIpc) is 2.73. The summed E-state index contributed by atoms with van der Waals surface area (Å²) in [6.07, 6.45) is 5.65.